The third kappa shape index (κ3) is 2.82. The normalized spacial score (nSPS) is 12.9. The number of carbonyl (C=O) groups is 1. The van der Waals surface area contributed by atoms with Crippen LogP contribution in [0.4, 0.5) is 11.7 Å². The second-order valence-corrected chi connectivity index (χ2v) is 6.78. The van der Waals surface area contributed by atoms with Crippen molar-refractivity contribution in [1.82, 2.24) is 10.3 Å². The standard InChI is InChI=1S/C21H14ClN3O2/c22-13-6-9-18-19(10-13)27-21(25-18)24-14-7-4-12(5-8-14)15-2-1-3-16-17(15)11-23-20(16)26/h1-10H,11H2,(H,23,26)(H,24,25). The smallest absolute Gasteiger partial charge is 0.300 e. The molecule has 6 heteroatoms. The van der Waals surface area contributed by atoms with Gasteiger partial charge in [0.2, 0.25) is 0 Å². The molecule has 0 unspecified atom stereocenters. The van der Waals surface area contributed by atoms with E-state index in [1.54, 1.807) is 12.1 Å². The highest BCUT2D eigenvalue weighted by molar-refractivity contribution is 6.31. The van der Waals surface area contributed by atoms with Crippen molar-refractivity contribution < 1.29 is 9.21 Å². The minimum atomic E-state index is -0.0128. The van der Waals surface area contributed by atoms with Gasteiger partial charge in [-0.25, -0.2) is 0 Å². The maximum Gasteiger partial charge on any atom is 0.300 e. The predicted molar refractivity (Wildman–Crippen MR) is 105 cm³/mol. The van der Waals surface area contributed by atoms with Gasteiger partial charge in [0.1, 0.15) is 5.52 Å². The maximum atomic E-state index is 11.9. The number of hydrogen-bond acceptors (Lipinski definition) is 4. The lowest BCUT2D eigenvalue weighted by atomic mass is 9.97. The summed E-state index contributed by atoms with van der Waals surface area (Å²) in [6, 6.07) is 19.5. The van der Waals surface area contributed by atoms with Crippen LogP contribution in [0.3, 0.4) is 0 Å². The molecule has 1 aliphatic heterocycles. The second kappa shape index (κ2) is 6.14. The molecule has 0 saturated carbocycles. The van der Waals surface area contributed by atoms with Gasteiger partial charge >= 0.3 is 0 Å². The number of carbonyl (C=O) groups excluding carboxylic acids is 1. The van der Waals surface area contributed by atoms with Gasteiger partial charge in [-0.3, -0.25) is 4.79 Å². The Balaban J connectivity index is 1.43. The Hall–Kier alpha value is -3.31. The Morgan fingerprint density at radius 3 is 2.70 bits per heavy atom. The van der Waals surface area contributed by atoms with E-state index in [0.29, 0.717) is 23.2 Å². The van der Waals surface area contributed by atoms with E-state index in [1.165, 1.54) is 0 Å². The van der Waals surface area contributed by atoms with Crippen molar-refractivity contribution in [3.05, 3.63) is 76.8 Å². The monoisotopic (exact) mass is 375 g/mol. The molecule has 1 aliphatic rings. The van der Waals surface area contributed by atoms with Gasteiger partial charge in [0.15, 0.2) is 5.58 Å². The zero-order valence-electron chi connectivity index (χ0n) is 14.1. The van der Waals surface area contributed by atoms with Crippen LogP contribution in [-0.2, 0) is 6.54 Å². The number of halogens is 1. The molecule has 0 spiro atoms. The van der Waals surface area contributed by atoms with Crippen molar-refractivity contribution in [2.45, 2.75) is 6.54 Å². The summed E-state index contributed by atoms with van der Waals surface area (Å²) in [6.07, 6.45) is 0. The van der Waals surface area contributed by atoms with Crippen LogP contribution < -0.4 is 10.6 Å². The molecule has 0 atom stereocenters. The number of nitrogens with zero attached hydrogens (tertiary/aromatic N) is 1. The zero-order valence-corrected chi connectivity index (χ0v) is 14.9. The molecule has 4 aromatic rings. The van der Waals surface area contributed by atoms with Crippen LogP contribution in [0, 0.1) is 0 Å². The molecule has 2 N–H and O–H groups in total. The van der Waals surface area contributed by atoms with Crippen LogP contribution >= 0.6 is 11.6 Å². The molecule has 27 heavy (non-hydrogen) atoms. The number of oxazole rings is 1. The van der Waals surface area contributed by atoms with Gasteiger partial charge in [-0.15, -0.1) is 0 Å². The first-order chi connectivity index (χ1) is 13.2. The fraction of sp³-hybridized carbons (Fsp3) is 0.0476. The Labute approximate surface area is 160 Å². The summed E-state index contributed by atoms with van der Waals surface area (Å²) < 4.78 is 5.69. The summed E-state index contributed by atoms with van der Waals surface area (Å²) >= 11 is 5.98. The highest BCUT2D eigenvalue weighted by Crippen LogP contribution is 2.31. The Kier molecular flexibility index (Phi) is 3.62. The Morgan fingerprint density at radius 1 is 1.04 bits per heavy atom. The number of benzene rings is 3. The van der Waals surface area contributed by atoms with Crippen molar-refractivity contribution >= 4 is 40.3 Å². The van der Waals surface area contributed by atoms with Gasteiger partial charge in [0.25, 0.3) is 11.9 Å². The summed E-state index contributed by atoms with van der Waals surface area (Å²) in [7, 11) is 0. The van der Waals surface area contributed by atoms with Crippen molar-refractivity contribution in [2.24, 2.45) is 0 Å². The molecule has 132 valence electrons. The van der Waals surface area contributed by atoms with E-state index in [9.17, 15) is 4.79 Å². The Morgan fingerprint density at radius 2 is 1.85 bits per heavy atom. The first-order valence-corrected chi connectivity index (χ1v) is 8.89. The molecule has 5 rings (SSSR count). The number of fused-ring (bicyclic) bond motifs is 2. The van der Waals surface area contributed by atoms with Crippen LogP contribution in [0.2, 0.25) is 5.02 Å². The lowest BCUT2D eigenvalue weighted by molar-refractivity contribution is 0.0966. The first kappa shape index (κ1) is 15.9. The fourth-order valence-corrected chi connectivity index (χ4v) is 3.49. The predicted octanol–water partition coefficient (Wildman–Crippen LogP) is 5.14. The van der Waals surface area contributed by atoms with Gasteiger partial charge in [-0.1, -0.05) is 35.9 Å². The van der Waals surface area contributed by atoms with E-state index in [1.807, 2.05) is 48.5 Å². The van der Waals surface area contributed by atoms with Gasteiger partial charge in [0, 0.05) is 28.9 Å². The van der Waals surface area contributed by atoms with Gasteiger partial charge < -0.3 is 15.1 Å². The first-order valence-electron chi connectivity index (χ1n) is 8.51. The number of anilines is 2. The molecule has 1 amide bonds. The fourth-order valence-electron chi connectivity index (χ4n) is 3.33. The van der Waals surface area contributed by atoms with Crippen molar-refractivity contribution in [3.8, 4) is 11.1 Å². The molecule has 0 bridgehead atoms. The molecule has 0 fully saturated rings. The highest BCUT2D eigenvalue weighted by Gasteiger charge is 2.21. The zero-order chi connectivity index (χ0) is 18.4. The van der Waals surface area contributed by atoms with Gasteiger partial charge in [-0.2, -0.15) is 4.98 Å². The average Bonchev–Trinajstić information content (AvgIpc) is 3.25. The van der Waals surface area contributed by atoms with Crippen LogP contribution in [0.15, 0.2) is 65.1 Å². The summed E-state index contributed by atoms with van der Waals surface area (Å²) in [4.78, 5) is 16.3. The molecule has 3 aromatic carbocycles. The number of nitrogens with one attached hydrogen (secondary N) is 2. The van der Waals surface area contributed by atoms with Crippen LogP contribution in [0.5, 0.6) is 0 Å². The van der Waals surface area contributed by atoms with E-state index in [0.717, 1.165) is 33.5 Å². The van der Waals surface area contributed by atoms with Crippen LogP contribution in [0.1, 0.15) is 15.9 Å². The van der Waals surface area contributed by atoms with E-state index in [4.69, 9.17) is 16.0 Å². The lowest BCUT2D eigenvalue weighted by Crippen LogP contribution is -2.12. The summed E-state index contributed by atoms with van der Waals surface area (Å²) in [5, 5.41) is 6.65. The SMILES string of the molecule is O=C1NCc2c1cccc2-c1ccc(Nc2nc3ccc(Cl)cc3o2)cc1. The van der Waals surface area contributed by atoms with Gasteiger partial charge in [-0.05, 0) is 47.0 Å². The van der Waals surface area contributed by atoms with Crippen molar-refractivity contribution in [3.63, 3.8) is 0 Å². The molecule has 2 heterocycles. The summed E-state index contributed by atoms with van der Waals surface area (Å²) in [6.45, 7) is 0.565. The average molecular weight is 376 g/mol. The van der Waals surface area contributed by atoms with Crippen LogP contribution in [-0.4, -0.2) is 10.9 Å². The maximum absolute atomic E-state index is 11.9. The topological polar surface area (TPSA) is 67.2 Å². The van der Waals surface area contributed by atoms with E-state index in [2.05, 4.69) is 15.6 Å². The molecule has 1 aromatic heterocycles. The molecule has 0 saturated heterocycles. The highest BCUT2D eigenvalue weighted by atomic mass is 35.5. The Bertz CT molecular complexity index is 1180. The largest absolute Gasteiger partial charge is 0.423 e. The van der Waals surface area contributed by atoms with Gasteiger partial charge in [0.05, 0.1) is 0 Å². The molecular weight excluding hydrogens is 362 g/mol. The quantitative estimate of drug-likeness (QED) is 0.520. The van der Waals surface area contributed by atoms with Crippen molar-refractivity contribution in [1.29, 1.82) is 0 Å². The minimum absolute atomic E-state index is 0.0128. The third-order valence-corrected chi connectivity index (χ3v) is 4.88. The molecule has 5 nitrogen and oxygen atoms in total. The lowest BCUT2D eigenvalue weighted by Gasteiger charge is -2.08. The van der Waals surface area contributed by atoms with Crippen molar-refractivity contribution in [2.75, 3.05) is 5.32 Å². The summed E-state index contributed by atoms with van der Waals surface area (Å²) in [5.74, 6) is -0.0128. The molecule has 0 aliphatic carbocycles. The minimum Gasteiger partial charge on any atom is -0.423 e. The summed E-state index contributed by atoms with van der Waals surface area (Å²) in [5.41, 5.74) is 6.15. The molecule has 0 radical (unpaired) electrons. The number of amides is 1. The van der Waals surface area contributed by atoms with E-state index >= 15 is 0 Å². The van der Waals surface area contributed by atoms with E-state index < -0.39 is 0 Å². The van der Waals surface area contributed by atoms with E-state index in [-0.39, 0.29) is 5.91 Å². The third-order valence-electron chi connectivity index (χ3n) is 4.64. The number of hydrogen-bond donors (Lipinski definition) is 2. The van der Waals surface area contributed by atoms with Crippen LogP contribution in [0.25, 0.3) is 22.2 Å². The second-order valence-electron chi connectivity index (χ2n) is 6.35. The number of aromatic nitrogens is 1. The number of rotatable bonds is 3. The molecular formula is C21H14ClN3O2.